The molecule has 5 aromatic rings. The number of nitrogens with one attached hydrogen (secondary N) is 2. The number of nitrogen functional groups attached to an aromatic ring is 1. The summed E-state index contributed by atoms with van der Waals surface area (Å²) in [6, 6.07) is 16.2. The fourth-order valence-corrected chi connectivity index (χ4v) is 4.32. The zero-order valence-electron chi connectivity index (χ0n) is 13.9. The Kier molecular flexibility index (Phi) is 3.70. The number of hydrogen-bond donors (Lipinski definition) is 3. The predicted molar refractivity (Wildman–Crippen MR) is 112 cm³/mol. The fraction of sp³-hybridized carbons (Fsp3) is 0. The molecule has 3 heterocycles. The Bertz CT molecular complexity index is 1260. The summed E-state index contributed by atoms with van der Waals surface area (Å²) in [5, 5.41) is 13.1. The van der Waals surface area contributed by atoms with Gasteiger partial charge >= 0.3 is 0 Å². The van der Waals surface area contributed by atoms with Gasteiger partial charge in [-0.25, -0.2) is 4.98 Å². The number of aromatic nitrogens is 4. The normalized spacial score (nSPS) is 11.3. The lowest BCUT2D eigenvalue weighted by Gasteiger charge is -2.08. The quantitative estimate of drug-likeness (QED) is 0.391. The molecule has 0 radical (unpaired) electrons. The number of H-pyrrole nitrogens is 1. The van der Waals surface area contributed by atoms with E-state index in [2.05, 4.69) is 43.7 Å². The van der Waals surface area contributed by atoms with Crippen molar-refractivity contribution in [1.82, 2.24) is 20.2 Å². The van der Waals surface area contributed by atoms with Crippen molar-refractivity contribution in [2.24, 2.45) is 0 Å². The van der Waals surface area contributed by atoms with Gasteiger partial charge in [0, 0.05) is 32.4 Å². The van der Waals surface area contributed by atoms with Gasteiger partial charge in [0.1, 0.15) is 16.5 Å². The van der Waals surface area contributed by atoms with E-state index in [4.69, 9.17) is 17.3 Å². The molecule has 4 N–H and O–H groups in total. The van der Waals surface area contributed by atoms with Crippen LogP contribution in [-0.4, -0.2) is 20.2 Å². The summed E-state index contributed by atoms with van der Waals surface area (Å²) in [4.78, 5) is 9.24. The predicted octanol–water partition coefficient (Wildman–Crippen LogP) is 5.21. The Labute approximate surface area is 163 Å². The van der Waals surface area contributed by atoms with E-state index in [1.807, 2.05) is 24.3 Å². The van der Waals surface area contributed by atoms with Gasteiger partial charge in [-0.2, -0.15) is 10.1 Å². The number of aromatic amines is 1. The van der Waals surface area contributed by atoms with Gasteiger partial charge in [-0.05, 0) is 35.7 Å². The number of benzene rings is 2. The molecule has 0 fully saturated rings. The van der Waals surface area contributed by atoms with E-state index < -0.39 is 0 Å². The molecule has 0 aliphatic heterocycles. The third-order valence-electron chi connectivity index (χ3n) is 4.25. The van der Waals surface area contributed by atoms with Crippen LogP contribution in [0.1, 0.15) is 0 Å². The van der Waals surface area contributed by atoms with Crippen LogP contribution >= 0.6 is 22.9 Å². The fourth-order valence-electron chi connectivity index (χ4n) is 3.05. The second-order valence-corrected chi connectivity index (χ2v) is 7.49. The third-order valence-corrected chi connectivity index (χ3v) is 5.69. The van der Waals surface area contributed by atoms with Gasteiger partial charge < -0.3 is 11.1 Å². The van der Waals surface area contributed by atoms with E-state index in [0.29, 0.717) is 11.0 Å². The van der Waals surface area contributed by atoms with Crippen LogP contribution in [0.25, 0.3) is 31.4 Å². The molecule has 0 spiro atoms. The number of rotatable bonds is 3. The van der Waals surface area contributed by atoms with E-state index in [9.17, 15) is 0 Å². The lowest BCUT2D eigenvalue weighted by molar-refractivity contribution is 1.12. The zero-order chi connectivity index (χ0) is 18.4. The molecular formula is C19H13ClN6S. The molecule has 8 heteroatoms. The smallest absolute Gasteiger partial charge is 0.221 e. The molecule has 3 aromatic heterocycles. The second-order valence-electron chi connectivity index (χ2n) is 6.03. The molecule has 2 aromatic carbocycles. The largest absolute Gasteiger partial charge is 0.368 e. The van der Waals surface area contributed by atoms with Gasteiger partial charge in [-0.15, -0.1) is 11.3 Å². The second kappa shape index (κ2) is 6.22. The minimum Gasteiger partial charge on any atom is -0.368 e. The van der Waals surface area contributed by atoms with E-state index in [0.717, 1.165) is 27.0 Å². The van der Waals surface area contributed by atoms with E-state index in [-0.39, 0.29) is 5.95 Å². The maximum absolute atomic E-state index is 6.32. The molecule has 0 aliphatic carbocycles. The summed E-state index contributed by atoms with van der Waals surface area (Å²) in [7, 11) is 0. The number of nitrogens with zero attached hydrogens (tertiary/aromatic N) is 3. The Morgan fingerprint density at radius 2 is 2.00 bits per heavy atom. The van der Waals surface area contributed by atoms with Crippen LogP contribution in [0.4, 0.5) is 17.5 Å². The molecule has 6 nitrogen and oxygen atoms in total. The van der Waals surface area contributed by atoms with Crippen LogP contribution in [0.2, 0.25) is 5.15 Å². The molecule has 0 bridgehead atoms. The van der Waals surface area contributed by atoms with Crippen molar-refractivity contribution < 1.29 is 0 Å². The maximum Gasteiger partial charge on any atom is 0.221 e. The first-order chi connectivity index (χ1) is 13.2. The summed E-state index contributed by atoms with van der Waals surface area (Å²) in [5.74, 6) is 0.830. The monoisotopic (exact) mass is 392 g/mol. The summed E-state index contributed by atoms with van der Waals surface area (Å²) < 4.78 is 1.23. The van der Waals surface area contributed by atoms with Gasteiger partial charge in [-0.1, -0.05) is 29.8 Å². The van der Waals surface area contributed by atoms with Crippen molar-refractivity contribution in [3.63, 3.8) is 0 Å². The Hall–Kier alpha value is -3.16. The van der Waals surface area contributed by atoms with Crippen LogP contribution in [0, 0.1) is 0 Å². The molecule has 0 aliphatic rings. The molecule has 0 amide bonds. The Morgan fingerprint density at radius 1 is 1.11 bits per heavy atom. The first kappa shape index (κ1) is 16.0. The molecule has 132 valence electrons. The third kappa shape index (κ3) is 2.87. The highest BCUT2D eigenvalue weighted by Crippen LogP contribution is 2.40. The lowest BCUT2D eigenvalue weighted by atomic mass is 10.1. The van der Waals surface area contributed by atoms with E-state index >= 15 is 0 Å². The summed E-state index contributed by atoms with van der Waals surface area (Å²) in [6.07, 6.45) is 1.61. The van der Waals surface area contributed by atoms with Crippen LogP contribution < -0.4 is 11.1 Å². The SMILES string of the molecule is Nc1nccc(Nc2cc(-c3cc4ccccc4s3)c3n[nH]c(Cl)c3c2)n1. The van der Waals surface area contributed by atoms with Crippen molar-refractivity contribution in [2.75, 3.05) is 11.1 Å². The van der Waals surface area contributed by atoms with Gasteiger partial charge in [-0.3, -0.25) is 5.10 Å². The first-order valence-corrected chi connectivity index (χ1v) is 9.39. The van der Waals surface area contributed by atoms with E-state index in [1.54, 1.807) is 23.6 Å². The van der Waals surface area contributed by atoms with Crippen molar-refractivity contribution in [3.05, 3.63) is 59.9 Å². The van der Waals surface area contributed by atoms with Crippen molar-refractivity contribution in [3.8, 4) is 10.4 Å². The average Bonchev–Trinajstić information content (AvgIpc) is 3.25. The van der Waals surface area contributed by atoms with Gasteiger partial charge in [0.05, 0.1) is 0 Å². The minimum atomic E-state index is 0.215. The molecule has 27 heavy (non-hydrogen) atoms. The van der Waals surface area contributed by atoms with Crippen molar-refractivity contribution in [1.29, 1.82) is 0 Å². The highest BCUT2D eigenvalue weighted by molar-refractivity contribution is 7.22. The van der Waals surface area contributed by atoms with Crippen molar-refractivity contribution >= 4 is 61.4 Å². The molecule has 0 atom stereocenters. The van der Waals surface area contributed by atoms with Gasteiger partial charge in [0.2, 0.25) is 5.95 Å². The Morgan fingerprint density at radius 3 is 2.85 bits per heavy atom. The van der Waals surface area contributed by atoms with Crippen LogP contribution in [0.3, 0.4) is 0 Å². The number of fused-ring (bicyclic) bond motifs is 2. The molecule has 5 rings (SSSR count). The zero-order valence-corrected chi connectivity index (χ0v) is 15.5. The van der Waals surface area contributed by atoms with Crippen molar-refractivity contribution in [2.45, 2.75) is 0 Å². The topological polar surface area (TPSA) is 92.5 Å². The lowest BCUT2D eigenvalue weighted by Crippen LogP contribution is -1.99. The van der Waals surface area contributed by atoms with Crippen LogP contribution in [0.5, 0.6) is 0 Å². The number of anilines is 3. The maximum atomic E-state index is 6.32. The summed E-state index contributed by atoms with van der Waals surface area (Å²) in [6.45, 7) is 0. The Balaban J connectivity index is 1.68. The molecule has 0 unspecified atom stereocenters. The minimum absolute atomic E-state index is 0.215. The summed E-state index contributed by atoms with van der Waals surface area (Å²) >= 11 is 8.04. The molecular weight excluding hydrogens is 380 g/mol. The first-order valence-electron chi connectivity index (χ1n) is 8.19. The highest BCUT2D eigenvalue weighted by Gasteiger charge is 2.15. The van der Waals surface area contributed by atoms with Crippen LogP contribution in [0.15, 0.2) is 54.7 Å². The van der Waals surface area contributed by atoms with Gasteiger partial charge in [0.15, 0.2) is 0 Å². The number of nitrogens with two attached hydrogens (primary N) is 1. The molecule has 0 saturated carbocycles. The highest BCUT2D eigenvalue weighted by atomic mass is 35.5. The van der Waals surface area contributed by atoms with E-state index in [1.165, 1.54) is 10.1 Å². The standard InChI is InChI=1S/C19H13ClN6S/c20-18-13-9-11(23-16-5-6-22-19(21)24-16)8-12(17(13)25-26-18)15-7-10-3-1-2-4-14(10)27-15/h1-9H,(H,25,26)(H3,21,22,23,24). The van der Waals surface area contributed by atoms with Crippen LogP contribution in [-0.2, 0) is 0 Å². The number of halogens is 1. The molecule has 0 saturated heterocycles. The number of hydrogen-bond acceptors (Lipinski definition) is 6. The average molecular weight is 393 g/mol. The summed E-state index contributed by atoms with van der Waals surface area (Å²) in [5.41, 5.74) is 8.36. The number of thiophene rings is 1. The van der Waals surface area contributed by atoms with Gasteiger partial charge in [0.25, 0.3) is 0 Å².